The summed E-state index contributed by atoms with van der Waals surface area (Å²) < 4.78 is 7.57. The summed E-state index contributed by atoms with van der Waals surface area (Å²) in [4.78, 5) is 18.6. The van der Waals surface area contributed by atoms with Gasteiger partial charge in [-0.3, -0.25) is 4.40 Å². The Morgan fingerprint density at radius 1 is 1.33 bits per heavy atom. The number of pyridine rings is 1. The molecule has 27 heavy (non-hydrogen) atoms. The highest BCUT2D eigenvalue weighted by Gasteiger charge is 2.27. The fourth-order valence-corrected chi connectivity index (χ4v) is 3.40. The number of fused-ring (bicyclic) bond motifs is 1. The summed E-state index contributed by atoms with van der Waals surface area (Å²) in [6, 6.07) is 2.43. The van der Waals surface area contributed by atoms with Crippen LogP contribution in [0.4, 0.5) is 10.5 Å². The SMILES string of the molecule is C=C(C)c1cnc2c(NC3CCN(C(=O)OC(C)(C)C)CC3)cc(C)cn12. The second-order valence-electron chi connectivity index (χ2n) is 8.43. The van der Waals surface area contributed by atoms with E-state index in [1.165, 1.54) is 0 Å². The van der Waals surface area contributed by atoms with Crippen molar-refractivity contribution in [2.24, 2.45) is 0 Å². The number of piperidine rings is 1. The van der Waals surface area contributed by atoms with Crippen LogP contribution >= 0.6 is 0 Å². The molecule has 3 rings (SSSR count). The molecule has 0 bridgehead atoms. The standard InChI is InChI=1S/C21H30N4O2/c1-14(2)18-12-22-19-17(11-15(3)13-25(18)19)23-16-7-9-24(10-8-16)20(26)27-21(4,5)6/h11-13,16,23H,1,7-10H2,2-6H3. The number of likely N-dealkylation sites (tertiary alicyclic amines) is 1. The topological polar surface area (TPSA) is 58.9 Å². The number of rotatable bonds is 3. The summed E-state index contributed by atoms with van der Waals surface area (Å²) in [5.41, 5.74) is 4.66. The molecule has 146 valence electrons. The predicted octanol–water partition coefficient (Wildman–Crippen LogP) is 4.49. The summed E-state index contributed by atoms with van der Waals surface area (Å²) in [5, 5.41) is 3.63. The number of anilines is 1. The second-order valence-corrected chi connectivity index (χ2v) is 8.43. The zero-order valence-corrected chi connectivity index (χ0v) is 17.0. The van der Waals surface area contributed by atoms with Crippen molar-refractivity contribution in [2.75, 3.05) is 18.4 Å². The Kier molecular flexibility index (Phi) is 5.18. The number of imidazole rings is 1. The maximum absolute atomic E-state index is 12.2. The molecule has 1 aliphatic rings. The number of hydrogen-bond donors (Lipinski definition) is 1. The number of nitrogens with zero attached hydrogens (tertiary/aromatic N) is 3. The molecule has 0 spiro atoms. The van der Waals surface area contributed by atoms with Gasteiger partial charge >= 0.3 is 6.09 Å². The van der Waals surface area contributed by atoms with E-state index in [4.69, 9.17) is 4.74 Å². The van der Waals surface area contributed by atoms with Gasteiger partial charge in [0.15, 0.2) is 5.65 Å². The van der Waals surface area contributed by atoms with Crippen molar-refractivity contribution in [3.8, 4) is 0 Å². The molecule has 0 atom stereocenters. The average Bonchev–Trinajstić information content (AvgIpc) is 2.98. The van der Waals surface area contributed by atoms with Crippen molar-refractivity contribution >= 4 is 23.0 Å². The molecule has 0 saturated carbocycles. The van der Waals surface area contributed by atoms with E-state index >= 15 is 0 Å². The van der Waals surface area contributed by atoms with Crippen LogP contribution in [0.15, 0.2) is 25.0 Å². The number of allylic oxidation sites excluding steroid dienone is 1. The van der Waals surface area contributed by atoms with Gasteiger partial charge in [-0.05, 0) is 64.7 Å². The van der Waals surface area contributed by atoms with E-state index in [1.54, 1.807) is 4.90 Å². The van der Waals surface area contributed by atoms with E-state index in [1.807, 2.05) is 33.9 Å². The largest absolute Gasteiger partial charge is 0.444 e. The highest BCUT2D eigenvalue weighted by molar-refractivity contribution is 5.73. The molecule has 1 N–H and O–H groups in total. The number of hydrogen-bond acceptors (Lipinski definition) is 4. The van der Waals surface area contributed by atoms with Gasteiger partial charge in [0.25, 0.3) is 0 Å². The quantitative estimate of drug-likeness (QED) is 0.865. The maximum Gasteiger partial charge on any atom is 0.410 e. The Morgan fingerprint density at radius 2 is 2.00 bits per heavy atom. The molecule has 6 heteroatoms. The first-order valence-corrected chi connectivity index (χ1v) is 9.52. The second kappa shape index (κ2) is 7.25. The van der Waals surface area contributed by atoms with Gasteiger partial charge in [0.1, 0.15) is 5.60 Å². The minimum Gasteiger partial charge on any atom is -0.444 e. The Balaban J connectivity index is 1.69. The van der Waals surface area contributed by atoms with Crippen molar-refractivity contribution in [2.45, 2.75) is 59.1 Å². The molecule has 0 unspecified atom stereocenters. The molecule has 2 aromatic rings. The molecule has 1 fully saturated rings. The molecule has 0 aromatic carbocycles. The summed E-state index contributed by atoms with van der Waals surface area (Å²) in [6.45, 7) is 15.2. The van der Waals surface area contributed by atoms with Crippen LogP contribution in [0, 0.1) is 6.92 Å². The number of aromatic nitrogens is 2. The fraction of sp³-hybridized carbons (Fsp3) is 0.524. The molecule has 1 saturated heterocycles. The minimum atomic E-state index is -0.457. The Morgan fingerprint density at radius 3 is 2.59 bits per heavy atom. The molecule has 0 aliphatic carbocycles. The van der Waals surface area contributed by atoms with Gasteiger partial charge in [-0.25, -0.2) is 9.78 Å². The molecule has 2 aromatic heterocycles. The highest BCUT2D eigenvalue weighted by Crippen LogP contribution is 2.25. The lowest BCUT2D eigenvalue weighted by Gasteiger charge is -2.34. The first kappa shape index (κ1) is 19.3. The lowest BCUT2D eigenvalue weighted by Crippen LogP contribution is -2.44. The number of aryl methyl sites for hydroxylation is 1. The summed E-state index contributed by atoms with van der Waals surface area (Å²) >= 11 is 0. The lowest BCUT2D eigenvalue weighted by molar-refractivity contribution is 0.0210. The molecule has 3 heterocycles. The normalized spacial score (nSPS) is 15.8. The van der Waals surface area contributed by atoms with Crippen molar-refractivity contribution < 1.29 is 9.53 Å². The monoisotopic (exact) mass is 370 g/mol. The zero-order chi connectivity index (χ0) is 19.8. The van der Waals surface area contributed by atoms with Crippen LogP contribution in [0.2, 0.25) is 0 Å². The van der Waals surface area contributed by atoms with Gasteiger partial charge in [-0.1, -0.05) is 6.58 Å². The van der Waals surface area contributed by atoms with Crippen molar-refractivity contribution in [3.63, 3.8) is 0 Å². The van der Waals surface area contributed by atoms with Gasteiger partial charge in [0.2, 0.25) is 0 Å². The average molecular weight is 370 g/mol. The number of amides is 1. The van der Waals surface area contributed by atoms with Crippen LogP contribution in [-0.2, 0) is 4.74 Å². The molecule has 1 amide bonds. The third-order valence-corrected chi connectivity index (χ3v) is 4.69. The van der Waals surface area contributed by atoms with E-state index in [-0.39, 0.29) is 6.09 Å². The van der Waals surface area contributed by atoms with Crippen LogP contribution < -0.4 is 5.32 Å². The van der Waals surface area contributed by atoms with Gasteiger partial charge in [0, 0.05) is 25.3 Å². The Hall–Kier alpha value is -2.50. The first-order valence-electron chi connectivity index (χ1n) is 9.52. The number of carbonyl (C=O) groups excluding carboxylic acids is 1. The predicted molar refractivity (Wildman–Crippen MR) is 109 cm³/mol. The minimum absolute atomic E-state index is 0.224. The van der Waals surface area contributed by atoms with E-state index in [0.29, 0.717) is 19.1 Å². The smallest absolute Gasteiger partial charge is 0.410 e. The van der Waals surface area contributed by atoms with Gasteiger partial charge in [-0.2, -0.15) is 0 Å². The third kappa shape index (κ3) is 4.43. The molecule has 0 radical (unpaired) electrons. The summed E-state index contributed by atoms with van der Waals surface area (Å²) in [6.07, 6.45) is 5.50. The van der Waals surface area contributed by atoms with Crippen LogP contribution in [-0.4, -0.2) is 45.1 Å². The number of nitrogens with one attached hydrogen (secondary N) is 1. The number of carbonyl (C=O) groups is 1. The van der Waals surface area contributed by atoms with Crippen LogP contribution in [0.5, 0.6) is 0 Å². The molecular weight excluding hydrogens is 340 g/mol. The van der Waals surface area contributed by atoms with Crippen LogP contribution in [0.3, 0.4) is 0 Å². The fourth-order valence-electron chi connectivity index (χ4n) is 3.40. The van der Waals surface area contributed by atoms with Gasteiger partial charge in [0.05, 0.1) is 17.6 Å². The molecule has 1 aliphatic heterocycles. The Labute approximate surface area is 161 Å². The lowest BCUT2D eigenvalue weighted by atomic mass is 10.0. The van der Waals surface area contributed by atoms with Gasteiger partial charge in [-0.15, -0.1) is 0 Å². The number of ether oxygens (including phenoxy) is 1. The van der Waals surface area contributed by atoms with Crippen molar-refractivity contribution in [3.05, 3.63) is 36.3 Å². The summed E-state index contributed by atoms with van der Waals surface area (Å²) in [5.74, 6) is 0. The van der Waals surface area contributed by atoms with Crippen LogP contribution in [0.25, 0.3) is 11.2 Å². The van der Waals surface area contributed by atoms with Crippen molar-refractivity contribution in [1.82, 2.24) is 14.3 Å². The van der Waals surface area contributed by atoms with E-state index < -0.39 is 5.60 Å². The van der Waals surface area contributed by atoms with E-state index in [2.05, 4.69) is 40.5 Å². The molecule has 6 nitrogen and oxygen atoms in total. The Bertz CT molecular complexity index is 855. The van der Waals surface area contributed by atoms with Crippen molar-refractivity contribution in [1.29, 1.82) is 0 Å². The maximum atomic E-state index is 12.2. The van der Waals surface area contributed by atoms with Gasteiger partial charge < -0.3 is 15.0 Å². The third-order valence-electron chi connectivity index (χ3n) is 4.69. The van der Waals surface area contributed by atoms with E-state index in [0.717, 1.165) is 41.0 Å². The zero-order valence-electron chi connectivity index (χ0n) is 17.0. The first-order chi connectivity index (χ1) is 12.6. The molecular formula is C21H30N4O2. The summed E-state index contributed by atoms with van der Waals surface area (Å²) in [7, 11) is 0. The van der Waals surface area contributed by atoms with E-state index in [9.17, 15) is 4.79 Å². The van der Waals surface area contributed by atoms with Crippen LogP contribution in [0.1, 0.15) is 51.8 Å². The highest BCUT2D eigenvalue weighted by atomic mass is 16.6.